The molecule has 0 aliphatic rings. The van der Waals surface area contributed by atoms with Gasteiger partial charge in [0.15, 0.2) is 0 Å². The minimum atomic E-state index is 0.636. The predicted octanol–water partition coefficient (Wildman–Crippen LogP) is 13.7. The van der Waals surface area contributed by atoms with Crippen LogP contribution < -0.4 is 0 Å². The van der Waals surface area contributed by atoms with Gasteiger partial charge in [-0.05, 0) is 117 Å². The summed E-state index contributed by atoms with van der Waals surface area (Å²) in [4.78, 5) is 22.2. The lowest BCUT2D eigenvalue weighted by atomic mass is 10.1. The lowest BCUT2D eigenvalue weighted by Crippen LogP contribution is -1.84. The lowest BCUT2D eigenvalue weighted by molar-refractivity contribution is 0.640. The van der Waals surface area contributed by atoms with Crippen LogP contribution in [0.1, 0.15) is 16.7 Å². The third-order valence-corrected chi connectivity index (χ3v) is 10.4. The summed E-state index contributed by atoms with van der Waals surface area (Å²) >= 11 is 0. The maximum Gasteiger partial charge on any atom is 0.230 e. The highest BCUT2D eigenvalue weighted by Crippen LogP contribution is 2.32. The number of nitrogens with zero attached hydrogens (tertiary/aromatic N) is 5. The highest BCUT2D eigenvalue weighted by atomic mass is 16.4. The van der Waals surface area contributed by atoms with E-state index in [0.717, 1.165) is 77.3 Å². The molecule has 0 N–H and O–H groups in total. The van der Waals surface area contributed by atoms with Crippen LogP contribution in [-0.2, 0) is 0 Å². The van der Waals surface area contributed by atoms with E-state index in [1.54, 1.807) is 12.4 Å². The summed E-state index contributed by atoms with van der Waals surface area (Å²) in [5.74, 6) is 0. The van der Waals surface area contributed by atoms with Crippen molar-refractivity contribution in [1.82, 2.24) is 24.9 Å². The van der Waals surface area contributed by atoms with Crippen LogP contribution in [0.4, 0.5) is 0 Å². The molecule has 0 aliphatic carbocycles. The molecule has 0 aliphatic heterocycles. The molecule has 8 heterocycles. The van der Waals surface area contributed by atoms with Gasteiger partial charge in [-0.1, -0.05) is 71.8 Å². The third kappa shape index (κ3) is 7.11. The number of rotatable bonds is 3. The zero-order valence-electron chi connectivity index (χ0n) is 33.1. The van der Waals surface area contributed by atoms with Gasteiger partial charge in [-0.2, -0.15) is 0 Å². The number of aromatic nitrogens is 5. The number of pyridine rings is 5. The maximum atomic E-state index is 5.83. The summed E-state index contributed by atoms with van der Waals surface area (Å²) in [5, 5.41) is 6.33. The Morgan fingerprint density at radius 2 is 0.833 bits per heavy atom. The Bertz CT molecular complexity index is 3140. The van der Waals surface area contributed by atoms with Crippen LogP contribution in [0, 0.1) is 20.8 Å². The molecule has 4 aromatic carbocycles. The van der Waals surface area contributed by atoms with Crippen LogP contribution in [-0.4, -0.2) is 24.9 Å². The third-order valence-electron chi connectivity index (χ3n) is 10.4. The van der Waals surface area contributed by atoms with Crippen molar-refractivity contribution in [1.29, 1.82) is 0 Å². The summed E-state index contributed by atoms with van der Waals surface area (Å²) in [6.07, 6.45) is 5.30. The van der Waals surface area contributed by atoms with Gasteiger partial charge >= 0.3 is 0 Å². The van der Waals surface area contributed by atoms with Crippen LogP contribution in [0.5, 0.6) is 0 Å². The first-order valence-corrected chi connectivity index (χ1v) is 19.7. The normalized spacial score (nSPS) is 11.2. The Morgan fingerprint density at radius 3 is 1.52 bits per heavy atom. The fourth-order valence-electron chi connectivity index (χ4n) is 7.49. The van der Waals surface area contributed by atoms with E-state index in [4.69, 9.17) is 13.3 Å². The van der Waals surface area contributed by atoms with E-state index in [1.165, 1.54) is 16.7 Å². The van der Waals surface area contributed by atoms with Crippen LogP contribution >= 0.6 is 0 Å². The summed E-state index contributed by atoms with van der Waals surface area (Å²) in [5.41, 5.74) is 14.1. The van der Waals surface area contributed by atoms with Gasteiger partial charge in [-0.15, -0.1) is 0 Å². The molecule has 288 valence electrons. The zero-order chi connectivity index (χ0) is 40.6. The van der Waals surface area contributed by atoms with Gasteiger partial charge in [0.1, 0.15) is 11.2 Å². The van der Waals surface area contributed by atoms with E-state index in [2.05, 4.69) is 125 Å². The molecule has 12 rings (SSSR count). The maximum absolute atomic E-state index is 5.83. The van der Waals surface area contributed by atoms with Gasteiger partial charge in [-0.3, -0.25) is 4.98 Å². The second-order valence-electron chi connectivity index (χ2n) is 14.8. The average Bonchev–Trinajstić information content (AvgIpc) is 3.97. The molecule has 0 unspecified atom stereocenters. The van der Waals surface area contributed by atoms with E-state index in [0.29, 0.717) is 22.9 Å². The van der Waals surface area contributed by atoms with Gasteiger partial charge in [0.2, 0.25) is 22.9 Å². The second-order valence-corrected chi connectivity index (χ2v) is 14.8. The molecule has 12 aromatic rings. The van der Waals surface area contributed by atoms with Gasteiger partial charge in [0.05, 0.1) is 17.1 Å². The van der Waals surface area contributed by atoms with Crippen molar-refractivity contribution in [3.05, 3.63) is 187 Å². The molecule has 0 saturated carbocycles. The molecule has 0 bridgehead atoms. The molecule has 60 heavy (non-hydrogen) atoms. The van der Waals surface area contributed by atoms with Crippen molar-refractivity contribution in [2.75, 3.05) is 0 Å². The topological polar surface area (TPSA) is 104 Å². The van der Waals surface area contributed by atoms with Crippen molar-refractivity contribution in [3.63, 3.8) is 0 Å². The quantitative estimate of drug-likeness (QED) is 0.175. The first kappa shape index (κ1) is 36.4. The highest BCUT2D eigenvalue weighted by molar-refractivity contribution is 6.05. The molecular weight excluding hydrogens is 743 g/mol. The summed E-state index contributed by atoms with van der Waals surface area (Å²) < 4.78 is 17.4. The van der Waals surface area contributed by atoms with Crippen LogP contribution in [0.2, 0.25) is 0 Å². The molecule has 0 saturated heterocycles. The number of benzene rings is 4. The van der Waals surface area contributed by atoms with Gasteiger partial charge in [0, 0.05) is 67.6 Å². The SMILES string of the molecule is Cc1cccc(-c2ccc3c(n2)oc2ccccc23)c1.Cc1cccc(-c2ccc3c(n2)oc2ncccc23)c1.Cc1ccnc(-c2ccc3c(c2)oc2ncccc23)c1. The number of hydrogen-bond acceptors (Lipinski definition) is 8. The standard InChI is InChI=1S/C18H13NO.2C17H12N2O/c1-12-5-4-6-13(11-12)16-10-9-15-14-7-2-3-8-17(14)20-18(15)19-16;1-11-4-2-5-12(10-11)15-8-7-14-13-6-3-9-18-16(13)20-17(14)19-15;1-11-6-8-18-15(9-11)12-4-5-13-14-3-2-7-19-17(14)20-16(13)10-12/h2-11H,1H3;2*2-10H,1H3. The van der Waals surface area contributed by atoms with Gasteiger partial charge in [0.25, 0.3) is 0 Å². The van der Waals surface area contributed by atoms with Crippen LogP contribution in [0.15, 0.2) is 184 Å². The number of furan rings is 3. The Balaban J connectivity index is 0.000000108. The molecule has 0 spiro atoms. The Labute approximate surface area is 344 Å². The smallest absolute Gasteiger partial charge is 0.230 e. The van der Waals surface area contributed by atoms with Crippen molar-refractivity contribution in [3.8, 4) is 33.8 Å². The first-order chi connectivity index (χ1) is 29.4. The molecule has 0 radical (unpaired) electrons. The minimum Gasteiger partial charge on any atom is -0.438 e. The fourth-order valence-corrected chi connectivity index (χ4v) is 7.49. The second kappa shape index (κ2) is 15.4. The molecule has 0 amide bonds. The summed E-state index contributed by atoms with van der Waals surface area (Å²) in [6.45, 7) is 6.23. The van der Waals surface area contributed by atoms with E-state index in [1.807, 2.05) is 79.0 Å². The highest BCUT2D eigenvalue weighted by Gasteiger charge is 2.12. The Morgan fingerprint density at radius 1 is 0.317 bits per heavy atom. The minimum absolute atomic E-state index is 0.636. The van der Waals surface area contributed by atoms with Crippen LogP contribution in [0.3, 0.4) is 0 Å². The molecule has 8 aromatic heterocycles. The van der Waals surface area contributed by atoms with Crippen molar-refractivity contribution >= 4 is 66.3 Å². The van der Waals surface area contributed by atoms with Crippen molar-refractivity contribution in [2.45, 2.75) is 20.8 Å². The van der Waals surface area contributed by atoms with Crippen molar-refractivity contribution < 1.29 is 13.3 Å². The van der Waals surface area contributed by atoms with E-state index >= 15 is 0 Å². The van der Waals surface area contributed by atoms with E-state index in [-0.39, 0.29) is 0 Å². The Kier molecular flexibility index (Phi) is 9.35. The molecule has 8 heteroatoms. The number of aryl methyl sites for hydroxylation is 3. The molecular formula is C52H37N5O3. The number of fused-ring (bicyclic) bond motifs is 9. The van der Waals surface area contributed by atoms with Crippen molar-refractivity contribution in [2.24, 2.45) is 0 Å². The van der Waals surface area contributed by atoms with Gasteiger partial charge < -0.3 is 13.3 Å². The van der Waals surface area contributed by atoms with Crippen LogP contribution in [0.25, 0.3) is 100 Å². The lowest BCUT2D eigenvalue weighted by Gasteiger charge is -2.01. The first-order valence-electron chi connectivity index (χ1n) is 19.7. The Hall–Kier alpha value is -7.97. The van der Waals surface area contributed by atoms with E-state index < -0.39 is 0 Å². The molecule has 8 nitrogen and oxygen atoms in total. The summed E-state index contributed by atoms with van der Waals surface area (Å²) in [6, 6.07) is 51.0. The average molecular weight is 780 g/mol. The summed E-state index contributed by atoms with van der Waals surface area (Å²) in [7, 11) is 0. The number of hydrogen-bond donors (Lipinski definition) is 0. The van der Waals surface area contributed by atoms with E-state index in [9.17, 15) is 0 Å². The monoisotopic (exact) mass is 779 g/mol. The molecule has 0 atom stereocenters. The zero-order valence-corrected chi connectivity index (χ0v) is 33.1. The largest absolute Gasteiger partial charge is 0.438 e. The fraction of sp³-hybridized carbons (Fsp3) is 0.0577. The number of para-hydroxylation sites is 1. The molecule has 0 fully saturated rings. The predicted molar refractivity (Wildman–Crippen MR) is 241 cm³/mol. The van der Waals surface area contributed by atoms with Gasteiger partial charge in [-0.25, -0.2) is 19.9 Å².